The fourth-order valence-corrected chi connectivity index (χ4v) is 1.54. The summed E-state index contributed by atoms with van der Waals surface area (Å²) in [5.41, 5.74) is 5.99. The van der Waals surface area contributed by atoms with E-state index in [1.807, 2.05) is 0 Å². The fraction of sp³-hybridized carbons (Fsp3) is 0. The van der Waals surface area contributed by atoms with Gasteiger partial charge in [0.2, 0.25) is 0 Å². The Morgan fingerprint density at radius 2 is 1.74 bits per heavy atom. The zero-order valence-corrected chi connectivity index (χ0v) is 9.87. The van der Waals surface area contributed by atoms with E-state index < -0.39 is 11.9 Å². The van der Waals surface area contributed by atoms with Crippen molar-refractivity contribution in [1.82, 2.24) is 0 Å². The first kappa shape index (κ1) is 12.6. The van der Waals surface area contributed by atoms with Crippen LogP contribution < -0.4 is 10.5 Å². The number of aromatic carboxylic acids is 1. The Hall–Kier alpha value is -2.82. The van der Waals surface area contributed by atoms with Gasteiger partial charge in [-0.05, 0) is 24.3 Å². The highest BCUT2D eigenvalue weighted by Gasteiger charge is 2.11. The molecule has 19 heavy (non-hydrogen) atoms. The van der Waals surface area contributed by atoms with Crippen LogP contribution in [0.25, 0.3) is 0 Å². The average Bonchev–Trinajstić information content (AvgIpc) is 2.39. The molecule has 0 atom stereocenters. The van der Waals surface area contributed by atoms with E-state index >= 15 is 0 Å². The molecule has 3 N–H and O–H groups in total. The van der Waals surface area contributed by atoms with Crippen LogP contribution in [0.5, 0.6) is 5.75 Å². The number of esters is 1. The Bertz CT molecular complexity index is 623. The van der Waals surface area contributed by atoms with Gasteiger partial charge in [-0.15, -0.1) is 0 Å². The van der Waals surface area contributed by atoms with Gasteiger partial charge in [0.25, 0.3) is 0 Å². The quantitative estimate of drug-likeness (QED) is 0.499. The molecule has 0 aliphatic heterocycles. The number of hydrogen-bond donors (Lipinski definition) is 2. The van der Waals surface area contributed by atoms with Crippen LogP contribution in [-0.4, -0.2) is 17.0 Å². The summed E-state index contributed by atoms with van der Waals surface area (Å²) in [5, 5.41) is 8.83. The van der Waals surface area contributed by atoms with Crippen molar-refractivity contribution < 1.29 is 19.4 Å². The molecule has 5 nitrogen and oxygen atoms in total. The third-order valence-corrected chi connectivity index (χ3v) is 2.47. The van der Waals surface area contributed by atoms with Crippen molar-refractivity contribution >= 4 is 17.6 Å². The summed E-state index contributed by atoms with van der Waals surface area (Å²) in [6.45, 7) is 0. The SMILES string of the molecule is Nc1cc(OC(=O)c2ccccc2)ccc1C(=O)O. The van der Waals surface area contributed by atoms with E-state index in [-0.39, 0.29) is 17.0 Å². The van der Waals surface area contributed by atoms with Crippen molar-refractivity contribution in [1.29, 1.82) is 0 Å². The predicted molar refractivity (Wildman–Crippen MR) is 69.2 cm³/mol. The van der Waals surface area contributed by atoms with E-state index in [2.05, 4.69) is 0 Å². The summed E-state index contributed by atoms with van der Waals surface area (Å²) in [6.07, 6.45) is 0. The van der Waals surface area contributed by atoms with Gasteiger partial charge in [-0.2, -0.15) is 0 Å². The minimum absolute atomic E-state index is 0.0282. The largest absolute Gasteiger partial charge is 0.478 e. The van der Waals surface area contributed by atoms with Gasteiger partial charge in [0.05, 0.1) is 11.1 Å². The number of benzene rings is 2. The topological polar surface area (TPSA) is 89.6 Å². The zero-order chi connectivity index (χ0) is 13.8. The summed E-state index contributed by atoms with van der Waals surface area (Å²) < 4.78 is 5.10. The smallest absolute Gasteiger partial charge is 0.343 e. The van der Waals surface area contributed by atoms with Crippen LogP contribution in [0.3, 0.4) is 0 Å². The third kappa shape index (κ3) is 2.90. The summed E-state index contributed by atoms with van der Waals surface area (Å²) in [7, 11) is 0. The molecule has 0 radical (unpaired) electrons. The van der Waals surface area contributed by atoms with E-state index in [4.69, 9.17) is 15.6 Å². The second-order valence-electron chi connectivity index (χ2n) is 3.81. The van der Waals surface area contributed by atoms with Crippen molar-refractivity contribution in [2.24, 2.45) is 0 Å². The maximum Gasteiger partial charge on any atom is 0.343 e. The first-order chi connectivity index (χ1) is 9.08. The number of carbonyl (C=O) groups is 2. The Balaban J connectivity index is 2.19. The third-order valence-electron chi connectivity index (χ3n) is 2.47. The molecule has 96 valence electrons. The maximum absolute atomic E-state index is 11.8. The van der Waals surface area contributed by atoms with Gasteiger partial charge in [0.15, 0.2) is 0 Å². The highest BCUT2D eigenvalue weighted by molar-refractivity contribution is 5.94. The van der Waals surface area contributed by atoms with Crippen LogP contribution in [0.4, 0.5) is 5.69 Å². The molecule has 0 saturated heterocycles. The van der Waals surface area contributed by atoms with E-state index in [1.54, 1.807) is 30.3 Å². The molecule has 5 heteroatoms. The van der Waals surface area contributed by atoms with Gasteiger partial charge in [-0.3, -0.25) is 0 Å². The number of carboxylic acids is 1. The number of hydrogen-bond acceptors (Lipinski definition) is 4. The first-order valence-corrected chi connectivity index (χ1v) is 5.48. The van der Waals surface area contributed by atoms with Crippen molar-refractivity contribution in [2.45, 2.75) is 0 Å². The first-order valence-electron chi connectivity index (χ1n) is 5.48. The number of nitrogens with two attached hydrogens (primary N) is 1. The Morgan fingerprint density at radius 1 is 1.05 bits per heavy atom. The number of carbonyl (C=O) groups excluding carboxylic acids is 1. The molecular weight excluding hydrogens is 246 g/mol. The molecule has 2 aromatic rings. The van der Waals surface area contributed by atoms with Gasteiger partial charge in [0, 0.05) is 11.8 Å². The van der Waals surface area contributed by atoms with Gasteiger partial charge in [-0.25, -0.2) is 9.59 Å². The minimum Gasteiger partial charge on any atom is -0.478 e. The number of anilines is 1. The molecule has 0 aliphatic carbocycles. The molecule has 0 aromatic heterocycles. The van der Waals surface area contributed by atoms with Crippen molar-refractivity contribution in [3.05, 3.63) is 59.7 Å². The second kappa shape index (κ2) is 5.22. The minimum atomic E-state index is -1.13. The lowest BCUT2D eigenvalue weighted by atomic mass is 10.2. The van der Waals surface area contributed by atoms with Gasteiger partial charge >= 0.3 is 11.9 Å². The zero-order valence-electron chi connectivity index (χ0n) is 9.87. The lowest BCUT2D eigenvalue weighted by Gasteiger charge is -2.06. The Kier molecular flexibility index (Phi) is 3.47. The Morgan fingerprint density at radius 3 is 2.32 bits per heavy atom. The summed E-state index contributed by atoms with van der Waals surface area (Å²) >= 11 is 0. The summed E-state index contributed by atoms with van der Waals surface area (Å²) in [6, 6.07) is 12.5. The highest BCUT2D eigenvalue weighted by Crippen LogP contribution is 2.20. The van der Waals surface area contributed by atoms with Crippen LogP contribution >= 0.6 is 0 Å². The molecule has 0 saturated carbocycles. The second-order valence-corrected chi connectivity index (χ2v) is 3.81. The van der Waals surface area contributed by atoms with E-state index in [0.717, 1.165) is 0 Å². The number of nitrogen functional groups attached to an aromatic ring is 1. The van der Waals surface area contributed by atoms with E-state index in [1.165, 1.54) is 18.2 Å². The number of carboxylic acid groups (broad SMARTS) is 1. The highest BCUT2D eigenvalue weighted by atomic mass is 16.5. The molecule has 0 fully saturated rings. The molecule has 2 aromatic carbocycles. The van der Waals surface area contributed by atoms with Crippen LogP contribution in [0, 0.1) is 0 Å². The predicted octanol–water partition coefficient (Wildman–Crippen LogP) is 2.19. The summed E-state index contributed by atoms with van der Waals surface area (Å²) in [4.78, 5) is 22.6. The standard InChI is InChI=1S/C14H11NO4/c15-12-8-10(6-7-11(12)13(16)17)19-14(18)9-4-2-1-3-5-9/h1-8H,15H2,(H,16,17). The van der Waals surface area contributed by atoms with Crippen LogP contribution in [0.15, 0.2) is 48.5 Å². The number of ether oxygens (including phenoxy) is 1. The molecule has 0 heterocycles. The molecule has 2 rings (SSSR count). The van der Waals surface area contributed by atoms with Gasteiger partial charge in [0.1, 0.15) is 5.75 Å². The lowest BCUT2D eigenvalue weighted by Crippen LogP contribution is -2.09. The molecule has 0 spiro atoms. The molecule has 0 unspecified atom stereocenters. The number of rotatable bonds is 3. The van der Waals surface area contributed by atoms with Crippen LogP contribution in [0.2, 0.25) is 0 Å². The lowest BCUT2D eigenvalue weighted by molar-refractivity contribution is 0.0697. The van der Waals surface area contributed by atoms with Crippen LogP contribution in [-0.2, 0) is 0 Å². The molecule has 0 aliphatic rings. The normalized spacial score (nSPS) is 9.89. The maximum atomic E-state index is 11.8. The van der Waals surface area contributed by atoms with E-state index in [0.29, 0.717) is 5.56 Å². The van der Waals surface area contributed by atoms with Crippen molar-refractivity contribution in [3.63, 3.8) is 0 Å². The molecule has 0 amide bonds. The molecular formula is C14H11NO4. The fourth-order valence-electron chi connectivity index (χ4n) is 1.54. The molecule has 0 bridgehead atoms. The average molecular weight is 257 g/mol. The van der Waals surface area contributed by atoms with Crippen LogP contribution in [0.1, 0.15) is 20.7 Å². The Labute approximate surface area is 109 Å². The van der Waals surface area contributed by atoms with E-state index in [9.17, 15) is 9.59 Å². The van der Waals surface area contributed by atoms with Crippen molar-refractivity contribution in [3.8, 4) is 5.75 Å². The van der Waals surface area contributed by atoms with Crippen molar-refractivity contribution in [2.75, 3.05) is 5.73 Å². The monoisotopic (exact) mass is 257 g/mol. The van der Waals surface area contributed by atoms with Gasteiger partial charge in [-0.1, -0.05) is 18.2 Å². The summed E-state index contributed by atoms with van der Waals surface area (Å²) in [5.74, 6) is -1.45. The van der Waals surface area contributed by atoms with Gasteiger partial charge < -0.3 is 15.6 Å².